The van der Waals surface area contributed by atoms with Crippen LogP contribution in [-0.4, -0.2) is 18.6 Å². The highest BCUT2D eigenvalue weighted by Gasteiger charge is 2.18. The average molecular weight is 293 g/mol. The van der Waals surface area contributed by atoms with Crippen LogP contribution < -0.4 is 4.72 Å². The number of benzene rings is 1. The number of nitrogens with one attached hydrogen (secondary N) is 2. The number of hydrogen-bond acceptors (Lipinski definition) is 3. The zero-order valence-corrected chi connectivity index (χ0v) is 12.7. The van der Waals surface area contributed by atoms with Crippen LogP contribution in [0.25, 0.3) is 0 Å². The third kappa shape index (κ3) is 3.19. The van der Waals surface area contributed by atoms with E-state index in [4.69, 9.17) is 0 Å². The summed E-state index contributed by atoms with van der Waals surface area (Å²) in [6.45, 7) is 5.77. The largest absolute Gasteiger partial charge is 0.280 e. The van der Waals surface area contributed by atoms with Crippen molar-refractivity contribution in [2.75, 3.05) is 4.72 Å². The van der Waals surface area contributed by atoms with E-state index in [0.717, 1.165) is 29.7 Å². The van der Waals surface area contributed by atoms with Gasteiger partial charge in [0.05, 0.1) is 4.90 Å². The Morgan fingerprint density at radius 3 is 2.65 bits per heavy atom. The SMILES string of the molecule is CCCc1cc(NS(=O)(=O)c2ccc(C)cc2C)n[nH]1. The second-order valence-corrected chi connectivity index (χ2v) is 6.55. The maximum Gasteiger partial charge on any atom is 0.263 e. The Morgan fingerprint density at radius 1 is 1.25 bits per heavy atom. The average Bonchev–Trinajstić information content (AvgIpc) is 2.75. The molecule has 2 aromatic rings. The Morgan fingerprint density at radius 2 is 2.00 bits per heavy atom. The molecule has 5 nitrogen and oxygen atoms in total. The van der Waals surface area contributed by atoms with Crippen molar-refractivity contribution in [3.8, 4) is 0 Å². The van der Waals surface area contributed by atoms with Gasteiger partial charge >= 0.3 is 0 Å². The Hall–Kier alpha value is -1.82. The minimum Gasteiger partial charge on any atom is -0.280 e. The first-order valence-corrected chi connectivity index (χ1v) is 8.05. The number of rotatable bonds is 5. The third-order valence-corrected chi connectivity index (χ3v) is 4.52. The number of nitrogens with zero attached hydrogens (tertiary/aromatic N) is 1. The highest BCUT2D eigenvalue weighted by molar-refractivity contribution is 7.92. The van der Waals surface area contributed by atoms with Gasteiger partial charge in [0.1, 0.15) is 0 Å². The lowest BCUT2D eigenvalue weighted by atomic mass is 10.2. The van der Waals surface area contributed by atoms with Crippen molar-refractivity contribution in [1.29, 1.82) is 0 Å². The van der Waals surface area contributed by atoms with Gasteiger partial charge < -0.3 is 0 Å². The summed E-state index contributed by atoms with van der Waals surface area (Å²) in [5.41, 5.74) is 2.68. The smallest absolute Gasteiger partial charge is 0.263 e. The van der Waals surface area contributed by atoms with E-state index in [1.54, 1.807) is 25.1 Å². The van der Waals surface area contributed by atoms with Crippen molar-refractivity contribution < 1.29 is 8.42 Å². The number of anilines is 1. The Kier molecular flexibility index (Phi) is 4.13. The molecule has 2 N–H and O–H groups in total. The van der Waals surface area contributed by atoms with E-state index < -0.39 is 10.0 Å². The molecule has 1 aromatic carbocycles. The van der Waals surface area contributed by atoms with Gasteiger partial charge in [-0.15, -0.1) is 0 Å². The number of sulfonamides is 1. The van der Waals surface area contributed by atoms with Gasteiger partial charge in [0.2, 0.25) is 0 Å². The number of aromatic amines is 1. The molecule has 20 heavy (non-hydrogen) atoms. The molecule has 0 aliphatic carbocycles. The molecule has 0 radical (unpaired) electrons. The minimum absolute atomic E-state index is 0.281. The lowest BCUT2D eigenvalue weighted by molar-refractivity contribution is 0.600. The van der Waals surface area contributed by atoms with Crippen molar-refractivity contribution >= 4 is 15.8 Å². The lowest BCUT2D eigenvalue weighted by Gasteiger charge is -2.08. The van der Waals surface area contributed by atoms with Crippen molar-refractivity contribution in [1.82, 2.24) is 10.2 Å². The quantitative estimate of drug-likeness (QED) is 0.890. The molecule has 6 heteroatoms. The zero-order valence-electron chi connectivity index (χ0n) is 11.9. The summed E-state index contributed by atoms with van der Waals surface area (Å²) in [5.74, 6) is 0.327. The molecule has 0 aliphatic rings. The van der Waals surface area contributed by atoms with Crippen LogP contribution >= 0.6 is 0 Å². The maximum absolute atomic E-state index is 12.3. The summed E-state index contributed by atoms with van der Waals surface area (Å²) in [6.07, 6.45) is 1.82. The fourth-order valence-corrected chi connectivity index (χ4v) is 3.32. The molecule has 0 bridgehead atoms. The van der Waals surface area contributed by atoms with Gasteiger partial charge in [0, 0.05) is 11.8 Å². The highest BCUT2D eigenvalue weighted by Crippen LogP contribution is 2.19. The molecule has 0 fully saturated rings. The van der Waals surface area contributed by atoms with Crippen molar-refractivity contribution in [3.05, 3.63) is 41.1 Å². The molecule has 108 valence electrons. The Bertz CT molecular complexity index is 705. The molecule has 0 unspecified atom stereocenters. The summed E-state index contributed by atoms with van der Waals surface area (Å²) in [6, 6.07) is 6.98. The second kappa shape index (κ2) is 5.66. The van der Waals surface area contributed by atoms with E-state index in [9.17, 15) is 8.42 Å². The van der Waals surface area contributed by atoms with E-state index in [-0.39, 0.29) is 4.90 Å². The monoisotopic (exact) mass is 293 g/mol. The fourth-order valence-electron chi connectivity index (χ4n) is 2.10. The number of H-pyrrole nitrogens is 1. The Balaban J connectivity index is 2.26. The van der Waals surface area contributed by atoms with Gasteiger partial charge in [-0.25, -0.2) is 8.42 Å². The first-order chi connectivity index (χ1) is 9.42. The summed E-state index contributed by atoms with van der Waals surface area (Å²) in [4.78, 5) is 0.281. The summed E-state index contributed by atoms with van der Waals surface area (Å²) < 4.78 is 27.2. The first kappa shape index (κ1) is 14.6. The molecular formula is C14H19N3O2S. The highest BCUT2D eigenvalue weighted by atomic mass is 32.2. The van der Waals surface area contributed by atoms with E-state index >= 15 is 0 Å². The maximum atomic E-state index is 12.3. The standard InChI is InChI=1S/C14H19N3O2S/c1-4-5-12-9-14(16-15-12)17-20(18,19)13-7-6-10(2)8-11(13)3/h6-9H,4-5H2,1-3H3,(H2,15,16,17). The molecule has 0 amide bonds. The van der Waals surface area contributed by atoms with Gasteiger partial charge in [0.25, 0.3) is 10.0 Å². The van der Waals surface area contributed by atoms with Gasteiger partial charge in [-0.05, 0) is 31.9 Å². The van der Waals surface area contributed by atoms with Crippen LogP contribution in [0.1, 0.15) is 30.2 Å². The molecule has 0 spiro atoms. The molecule has 0 saturated heterocycles. The van der Waals surface area contributed by atoms with Crippen molar-refractivity contribution in [2.45, 2.75) is 38.5 Å². The molecule has 0 atom stereocenters. The summed E-state index contributed by atoms with van der Waals surface area (Å²) in [7, 11) is -3.59. The van der Waals surface area contributed by atoms with Crippen LogP contribution in [0.2, 0.25) is 0 Å². The van der Waals surface area contributed by atoms with E-state index in [0.29, 0.717) is 5.82 Å². The third-order valence-electron chi connectivity index (χ3n) is 3.01. The first-order valence-electron chi connectivity index (χ1n) is 6.56. The van der Waals surface area contributed by atoms with Gasteiger partial charge in [-0.2, -0.15) is 5.10 Å². The van der Waals surface area contributed by atoms with Crippen LogP contribution in [0.5, 0.6) is 0 Å². The molecular weight excluding hydrogens is 274 g/mol. The van der Waals surface area contributed by atoms with Gasteiger partial charge in [-0.1, -0.05) is 31.0 Å². The molecule has 1 heterocycles. The van der Waals surface area contributed by atoms with E-state index in [2.05, 4.69) is 21.8 Å². The predicted octanol–water partition coefficient (Wildman–Crippen LogP) is 2.78. The molecule has 2 rings (SSSR count). The second-order valence-electron chi connectivity index (χ2n) is 4.90. The van der Waals surface area contributed by atoms with Gasteiger partial charge in [-0.3, -0.25) is 9.82 Å². The number of aromatic nitrogens is 2. The van der Waals surface area contributed by atoms with Crippen molar-refractivity contribution in [2.24, 2.45) is 0 Å². The van der Waals surface area contributed by atoms with Crippen LogP contribution in [0.4, 0.5) is 5.82 Å². The summed E-state index contributed by atoms with van der Waals surface area (Å²) >= 11 is 0. The van der Waals surface area contributed by atoms with E-state index in [1.165, 1.54) is 0 Å². The minimum atomic E-state index is -3.59. The lowest BCUT2D eigenvalue weighted by Crippen LogP contribution is -2.14. The van der Waals surface area contributed by atoms with Crippen LogP contribution in [0.3, 0.4) is 0 Å². The normalized spacial score (nSPS) is 11.6. The van der Waals surface area contributed by atoms with Gasteiger partial charge in [0.15, 0.2) is 5.82 Å². The Labute approximate surface area is 119 Å². The number of hydrogen-bond donors (Lipinski definition) is 2. The fraction of sp³-hybridized carbons (Fsp3) is 0.357. The molecule has 0 aliphatic heterocycles. The predicted molar refractivity (Wildman–Crippen MR) is 79.3 cm³/mol. The number of aryl methyl sites for hydroxylation is 3. The zero-order chi connectivity index (χ0) is 14.8. The topological polar surface area (TPSA) is 74.8 Å². The van der Waals surface area contributed by atoms with E-state index in [1.807, 2.05) is 13.0 Å². The van der Waals surface area contributed by atoms with Crippen LogP contribution in [0, 0.1) is 13.8 Å². The van der Waals surface area contributed by atoms with Crippen molar-refractivity contribution in [3.63, 3.8) is 0 Å². The van der Waals surface area contributed by atoms with Crippen LogP contribution in [-0.2, 0) is 16.4 Å². The molecule has 0 saturated carbocycles. The molecule has 1 aromatic heterocycles. The van der Waals surface area contributed by atoms with Crippen LogP contribution in [0.15, 0.2) is 29.2 Å². The summed E-state index contributed by atoms with van der Waals surface area (Å²) in [5, 5.41) is 6.80.